The van der Waals surface area contributed by atoms with Crippen LogP contribution < -0.4 is 14.6 Å². The smallest absolute Gasteiger partial charge is 0.161 e. The average molecular weight is 372 g/mol. The first-order chi connectivity index (χ1) is 13.7. The molecule has 0 N–H and O–H groups in total. The summed E-state index contributed by atoms with van der Waals surface area (Å²) in [7, 11) is 0. The second-order valence-corrected chi connectivity index (χ2v) is 7.04. The van der Waals surface area contributed by atoms with Crippen molar-refractivity contribution in [1.82, 2.24) is 4.98 Å². The maximum Gasteiger partial charge on any atom is 0.161 e. The Morgan fingerprint density at radius 2 is 1.86 bits per heavy atom. The van der Waals surface area contributed by atoms with Crippen LogP contribution in [0.25, 0.3) is 22.6 Å². The second kappa shape index (κ2) is 6.68. The van der Waals surface area contributed by atoms with Crippen LogP contribution in [0.4, 0.5) is 0 Å². The number of hydrogen-bond acceptors (Lipinski definition) is 5. The number of carboxylic acids is 1. The van der Waals surface area contributed by atoms with Gasteiger partial charge in [-0.3, -0.25) is 0 Å². The lowest BCUT2D eigenvalue weighted by atomic mass is 9.86. The molecule has 0 amide bonds. The van der Waals surface area contributed by atoms with Gasteiger partial charge in [0.1, 0.15) is 13.2 Å². The monoisotopic (exact) mass is 372 g/mol. The van der Waals surface area contributed by atoms with Crippen LogP contribution in [-0.2, 0) is 6.42 Å². The number of carbonyl (C=O) groups is 1. The summed E-state index contributed by atoms with van der Waals surface area (Å²) < 4.78 is 11.3. The van der Waals surface area contributed by atoms with Gasteiger partial charge in [-0.2, -0.15) is 0 Å². The number of aromatic nitrogens is 1. The quantitative estimate of drug-likeness (QED) is 0.691. The maximum atomic E-state index is 11.9. The summed E-state index contributed by atoms with van der Waals surface area (Å²) in [6.45, 7) is 1.10. The average Bonchev–Trinajstić information content (AvgIpc) is 2.72. The predicted octanol–water partition coefficient (Wildman–Crippen LogP) is 3.25. The molecule has 2 aromatic carbocycles. The Hall–Kier alpha value is -3.34. The minimum absolute atomic E-state index is 0.272. The van der Waals surface area contributed by atoms with Crippen LogP contribution in [0.5, 0.6) is 11.5 Å². The molecule has 0 radical (unpaired) electrons. The highest BCUT2D eigenvalue weighted by atomic mass is 16.6. The number of allylic oxidation sites excluding steroid dienone is 1. The summed E-state index contributed by atoms with van der Waals surface area (Å²) in [4.78, 5) is 16.7. The molecular weight excluding hydrogens is 354 g/mol. The number of carbonyl (C=O) groups excluding carboxylic acids is 1. The Labute approximate surface area is 162 Å². The normalized spacial score (nSPS) is 16.8. The predicted molar refractivity (Wildman–Crippen MR) is 104 cm³/mol. The topological polar surface area (TPSA) is 71.5 Å². The van der Waals surface area contributed by atoms with E-state index in [9.17, 15) is 9.90 Å². The molecule has 140 valence electrons. The summed E-state index contributed by atoms with van der Waals surface area (Å²) in [5.74, 6) is 0.342. The molecule has 5 nitrogen and oxygen atoms in total. The molecule has 3 aromatic rings. The van der Waals surface area contributed by atoms with E-state index in [4.69, 9.17) is 14.5 Å². The van der Waals surface area contributed by atoms with Crippen LogP contribution in [0.2, 0.25) is 0 Å². The number of ether oxygens (including phenoxy) is 2. The molecule has 1 aliphatic heterocycles. The molecule has 28 heavy (non-hydrogen) atoms. The van der Waals surface area contributed by atoms with E-state index in [1.165, 1.54) is 0 Å². The lowest BCUT2D eigenvalue weighted by Gasteiger charge is -2.24. The number of aromatic carboxylic acids is 1. The molecule has 2 aliphatic rings. The van der Waals surface area contributed by atoms with Crippen molar-refractivity contribution < 1.29 is 19.4 Å². The Bertz CT molecular complexity index is 1130. The van der Waals surface area contributed by atoms with Crippen molar-refractivity contribution >= 4 is 28.5 Å². The molecule has 1 aromatic heterocycles. The molecule has 0 saturated carbocycles. The first kappa shape index (κ1) is 16.8. The zero-order valence-corrected chi connectivity index (χ0v) is 15.2. The number of pyridine rings is 1. The summed E-state index contributed by atoms with van der Waals surface area (Å²) in [6, 6.07) is 13.2. The van der Waals surface area contributed by atoms with Gasteiger partial charge in [0, 0.05) is 10.9 Å². The van der Waals surface area contributed by atoms with Crippen LogP contribution in [0.1, 0.15) is 40.0 Å². The lowest BCUT2D eigenvalue weighted by Crippen LogP contribution is -2.26. The van der Waals surface area contributed by atoms with Crippen LogP contribution in [0, 0.1) is 0 Å². The maximum absolute atomic E-state index is 11.9. The zero-order valence-electron chi connectivity index (χ0n) is 15.2. The number of rotatable bonds is 2. The van der Waals surface area contributed by atoms with Gasteiger partial charge in [0.25, 0.3) is 0 Å². The van der Waals surface area contributed by atoms with E-state index in [1.807, 2.05) is 36.4 Å². The summed E-state index contributed by atoms with van der Waals surface area (Å²) in [5, 5.41) is 12.6. The van der Waals surface area contributed by atoms with E-state index in [0.717, 1.165) is 46.7 Å². The van der Waals surface area contributed by atoms with Gasteiger partial charge in [-0.15, -0.1) is 0 Å². The van der Waals surface area contributed by atoms with Gasteiger partial charge in [-0.25, -0.2) is 4.98 Å². The lowest BCUT2D eigenvalue weighted by molar-refractivity contribution is -0.254. The number of benzene rings is 2. The van der Waals surface area contributed by atoms with Crippen molar-refractivity contribution in [1.29, 1.82) is 0 Å². The Balaban J connectivity index is 1.67. The van der Waals surface area contributed by atoms with E-state index in [1.54, 1.807) is 6.07 Å². The molecule has 0 atom stereocenters. The highest BCUT2D eigenvalue weighted by molar-refractivity contribution is 6.05. The Morgan fingerprint density at radius 1 is 1.04 bits per heavy atom. The van der Waals surface area contributed by atoms with Gasteiger partial charge < -0.3 is 19.4 Å². The number of para-hydroxylation sites is 1. The molecule has 5 heteroatoms. The number of hydrogen-bond donors (Lipinski definition) is 0. The van der Waals surface area contributed by atoms with Crippen LogP contribution >= 0.6 is 0 Å². The van der Waals surface area contributed by atoms with Crippen LogP contribution in [-0.4, -0.2) is 24.2 Å². The van der Waals surface area contributed by atoms with Gasteiger partial charge in [0.2, 0.25) is 0 Å². The molecule has 0 fully saturated rings. The third-order valence-corrected chi connectivity index (χ3v) is 5.28. The third-order valence-electron chi connectivity index (χ3n) is 5.28. The van der Waals surface area contributed by atoms with Crippen molar-refractivity contribution in [2.24, 2.45) is 0 Å². The number of nitrogens with zero attached hydrogens (tertiary/aromatic N) is 1. The molecular formula is C23H18NO4-. The molecule has 1 aliphatic carbocycles. The first-order valence-electron chi connectivity index (χ1n) is 9.44. The third kappa shape index (κ3) is 2.80. The van der Waals surface area contributed by atoms with Gasteiger partial charge in [-0.1, -0.05) is 24.3 Å². The SMILES string of the molecule is O=C([O-])c1c2c(nc3ccccc13)/C(=C/c1ccc3c(c1)OCCO3)CCC2. The Kier molecular flexibility index (Phi) is 4.01. The van der Waals surface area contributed by atoms with E-state index < -0.39 is 5.97 Å². The minimum atomic E-state index is -1.14. The molecule has 0 spiro atoms. The fourth-order valence-electron chi connectivity index (χ4n) is 4.06. The van der Waals surface area contributed by atoms with Gasteiger partial charge >= 0.3 is 0 Å². The largest absolute Gasteiger partial charge is 0.545 e. The van der Waals surface area contributed by atoms with Crippen LogP contribution in [0.3, 0.4) is 0 Å². The van der Waals surface area contributed by atoms with E-state index >= 15 is 0 Å². The fraction of sp³-hybridized carbons (Fsp3) is 0.217. The van der Waals surface area contributed by atoms with Crippen LogP contribution in [0.15, 0.2) is 42.5 Å². The van der Waals surface area contributed by atoms with Crippen molar-refractivity contribution in [3.8, 4) is 11.5 Å². The van der Waals surface area contributed by atoms with Gasteiger partial charge in [0.05, 0.1) is 17.2 Å². The summed E-state index contributed by atoms with van der Waals surface area (Å²) in [5.41, 5.74) is 4.50. The van der Waals surface area contributed by atoms with E-state index in [2.05, 4.69) is 6.08 Å². The second-order valence-electron chi connectivity index (χ2n) is 7.04. The summed E-state index contributed by atoms with van der Waals surface area (Å²) >= 11 is 0. The highest BCUT2D eigenvalue weighted by Gasteiger charge is 2.22. The van der Waals surface area contributed by atoms with Gasteiger partial charge in [0.15, 0.2) is 11.5 Å². The highest BCUT2D eigenvalue weighted by Crippen LogP contribution is 2.37. The summed E-state index contributed by atoms with van der Waals surface area (Å²) in [6.07, 6.45) is 4.48. The standard InChI is InChI=1S/C23H19NO4/c25-23(26)21-16-5-1-2-7-18(16)24-22-15(4-3-6-17(21)22)12-14-8-9-19-20(13-14)28-11-10-27-19/h1-2,5,7-9,12-13H,3-4,6,10-11H2,(H,25,26)/p-1/b15-12+. The van der Waals surface area contributed by atoms with E-state index in [0.29, 0.717) is 30.5 Å². The van der Waals surface area contributed by atoms with Crippen molar-refractivity contribution in [2.75, 3.05) is 13.2 Å². The molecule has 0 bridgehead atoms. The first-order valence-corrected chi connectivity index (χ1v) is 9.44. The fourth-order valence-corrected chi connectivity index (χ4v) is 4.06. The van der Waals surface area contributed by atoms with Crippen molar-refractivity contribution in [2.45, 2.75) is 19.3 Å². The zero-order chi connectivity index (χ0) is 19.1. The number of fused-ring (bicyclic) bond motifs is 3. The Morgan fingerprint density at radius 3 is 2.71 bits per heavy atom. The molecule has 0 saturated heterocycles. The molecule has 5 rings (SSSR count). The van der Waals surface area contributed by atoms with E-state index in [-0.39, 0.29) is 5.56 Å². The van der Waals surface area contributed by atoms with Gasteiger partial charge in [-0.05, 0) is 60.2 Å². The van der Waals surface area contributed by atoms with Crippen molar-refractivity contribution in [3.63, 3.8) is 0 Å². The van der Waals surface area contributed by atoms with Crippen molar-refractivity contribution in [3.05, 3.63) is 64.8 Å². The molecule has 0 unspecified atom stereocenters. The molecule has 2 heterocycles. The minimum Gasteiger partial charge on any atom is -0.545 e. The number of carboxylic acid groups (broad SMARTS) is 1.